The average Bonchev–Trinajstić information content (AvgIpc) is 3.04. The van der Waals surface area contributed by atoms with Gasteiger partial charge in [0.1, 0.15) is 6.10 Å². The summed E-state index contributed by atoms with van der Waals surface area (Å²) in [7, 11) is 0. The molecule has 0 aromatic carbocycles. The molecule has 0 aromatic rings. The second kappa shape index (κ2) is 38.1. The van der Waals surface area contributed by atoms with Gasteiger partial charge in [-0.2, -0.15) is 0 Å². The molecule has 1 atom stereocenters. The molecule has 0 radical (unpaired) electrons. The van der Waals surface area contributed by atoms with Crippen LogP contribution in [0, 0.1) is 0 Å². The molecule has 0 saturated heterocycles. The molecule has 0 aromatic heterocycles. The Morgan fingerprint density at radius 3 is 1.17 bits per heavy atom. The average molecular weight is 649 g/mol. The third-order valence-corrected chi connectivity index (χ3v) is 9.49. The molecule has 0 rings (SSSR count). The van der Waals surface area contributed by atoms with Gasteiger partial charge in [0.2, 0.25) is 0 Å². The number of carbonyl (C=O) groups is 2. The van der Waals surface area contributed by atoms with Crippen molar-refractivity contribution in [2.75, 3.05) is 0 Å². The highest BCUT2D eigenvalue weighted by Crippen LogP contribution is 2.19. The van der Waals surface area contributed by atoms with Crippen molar-refractivity contribution in [3.63, 3.8) is 0 Å². The SMILES string of the molecule is CCCCCCCCC/C=C\CCCCCCCCCC(=O)OC(CCCCCCCCCCCC)CCCCCCCC(=O)O. The van der Waals surface area contributed by atoms with Gasteiger partial charge >= 0.3 is 11.9 Å². The lowest BCUT2D eigenvalue weighted by molar-refractivity contribution is -0.150. The van der Waals surface area contributed by atoms with E-state index in [-0.39, 0.29) is 18.5 Å². The predicted molar refractivity (Wildman–Crippen MR) is 200 cm³/mol. The highest BCUT2D eigenvalue weighted by molar-refractivity contribution is 5.69. The van der Waals surface area contributed by atoms with Crippen LogP contribution in [-0.2, 0) is 14.3 Å². The van der Waals surface area contributed by atoms with Gasteiger partial charge in [0.15, 0.2) is 0 Å². The summed E-state index contributed by atoms with van der Waals surface area (Å²) in [5.74, 6) is -0.697. The third-order valence-electron chi connectivity index (χ3n) is 9.49. The Balaban J connectivity index is 3.93. The minimum Gasteiger partial charge on any atom is -0.481 e. The number of carboxylic acids is 1. The number of aliphatic carboxylic acids is 1. The zero-order valence-electron chi connectivity index (χ0n) is 31.2. The minimum absolute atomic E-state index is 0.00168. The zero-order valence-corrected chi connectivity index (χ0v) is 31.2. The second-order valence-corrected chi connectivity index (χ2v) is 14.2. The predicted octanol–water partition coefficient (Wildman–Crippen LogP) is 14.2. The Bertz CT molecular complexity index is 658. The van der Waals surface area contributed by atoms with E-state index in [2.05, 4.69) is 26.0 Å². The highest BCUT2D eigenvalue weighted by atomic mass is 16.5. The molecular formula is C42H80O4. The van der Waals surface area contributed by atoms with Crippen LogP contribution >= 0.6 is 0 Å². The van der Waals surface area contributed by atoms with Gasteiger partial charge in [-0.3, -0.25) is 9.59 Å². The van der Waals surface area contributed by atoms with Crippen LogP contribution in [0.5, 0.6) is 0 Å². The number of unbranched alkanes of at least 4 members (excludes halogenated alkanes) is 27. The monoisotopic (exact) mass is 649 g/mol. The van der Waals surface area contributed by atoms with Gasteiger partial charge in [-0.15, -0.1) is 0 Å². The van der Waals surface area contributed by atoms with Crippen molar-refractivity contribution >= 4 is 11.9 Å². The number of allylic oxidation sites excluding steroid dienone is 2. The van der Waals surface area contributed by atoms with Gasteiger partial charge in [0.25, 0.3) is 0 Å². The van der Waals surface area contributed by atoms with Crippen molar-refractivity contribution in [2.45, 2.75) is 245 Å². The van der Waals surface area contributed by atoms with E-state index < -0.39 is 5.97 Å². The molecule has 1 unspecified atom stereocenters. The molecule has 0 amide bonds. The van der Waals surface area contributed by atoms with E-state index in [4.69, 9.17) is 9.84 Å². The molecular weight excluding hydrogens is 568 g/mol. The number of hydrogen-bond donors (Lipinski definition) is 1. The summed E-state index contributed by atoms with van der Waals surface area (Å²) in [6, 6.07) is 0. The largest absolute Gasteiger partial charge is 0.481 e. The zero-order chi connectivity index (χ0) is 33.6. The Labute approximate surface area is 287 Å². The van der Waals surface area contributed by atoms with Crippen LogP contribution in [0.1, 0.15) is 239 Å². The fourth-order valence-corrected chi connectivity index (χ4v) is 6.42. The normalized spacial score (nSPS) is 12.2. The molecule has 1 N–H and O–H groups in total. The lowest BCUT2D eigenvalue weighted by Crippen LogP contribution is -2.18. The summed E-state index contributed by atoms with van der Waals surface area (Å²) < 4.78 is 6.00. The molecule has 0 aliphatic carbocycles. The Morgan fingerprint density at radius 2 is 0.783 bits per heavy atom. The molecule has 0 heterocycles. The number of esters is 1. The number of hydrogen-bond acceptors (Lipinski definition) is 3. The lowest BCUT2D eigenvalue weighted by atomic mass is 10.0. The van der Waals surface area contributed by atoms with E-state index in [1.54, 1.807) is 0 Å². The summed E-state index contributed by atoms with van der Waals surface area (Å²) in [6.07, 6.45) is 46.6. The fourth-order valence-electron chi connectivity index (χ4n) is 6.42. The van der Waals surface area contributed by atoms with Crippen LogP contribution in [0.2, 0.25) is 0 Å². The molecule has 0 aliphatic rings. The number of rotatable bonds is 38. The quantitative estimate of drug-likeness (QED) is 0.0411. The summed E-state index contributed by atoms with van der Waals surface area (Å²) in [5, 5.41) is 8.81. The van der Waals surface area contributed by atoms with E-state index in [9.17, 15) is 9.59 Å². The molecule has 0 spiro atoms. The van der Waals surface area contributed by atoms with Crippen molar-refractivity contribution in [3.8, 4) is 0 Å². The van der Waals surface area contributed by atoms with Crippen LogP contribution in [0.4, 0.5) is 0 Å². The van der Waals surface area contributed by atoms with Crippen LogP contribution in [0.15, 0.2) is 12.2 Å². The van der Waals surface area contributed by atoms with Gasteiger partial charge in [-0.1, -0.05) is 174 Å². The van der Waals surface area contributed by atoms with E-state index in [1.807, 2.05) is 0 Å². The van der Waals surface area contributed by atoms with Crippen molar-refractivity contribution in [2.24, 2.45) is 0 Å². The van der Waals surface area contributed by atoms with Gasteiger partial charge in [-0.05, 0) is 64.2 Å². The first kappa shape index (κ1) is 44.7. The van der Waals surface area contributed by atoms with Crippen LogP contribution in [-0.4, -0.2) is 23.1 Å². The topological polar surface area (TPSA) is 63.6 Å². The number of ether oxygens (including phenoxy) is 1. The van der Waals surface area contributed by atoms with E-state index in [1.165, 1.54) is 148 Å². The van der Waals surface area contributed by atoms with Crippen LogP contribution < -0.4 is 0 Å². The van der Waals surface area contributed by atoms with Gasteiger partial charge in [0, 0.05) is 12.8 Å². The molecule has 272 valence electrons. The van der Waals surface area contributed by atoms with Crippen molar-refractivity contribution in [1.29, 1.82) is 0 Å². The Kier molecular flexibility index (Phi) is 37.0. The maximum atomic E-state index is 12.7. The maximum absolute atomic E-state index is 12.7. The first-order valence-corrected chi connectivity index (χ1v) is 20.7. The Morgan fingerprint density at radius 1 is 0.457 bits per heavy atom. The summed E-state index contributed by atoms with van der Waals surface area (Å²) >= 11 is 0. The molecule has 0 bridgehead atoms. The lowest BCUT2D eigenvalue weighted by Gasteiger charge is -2.18. The van der Waals surface area contributed by atoms with Crippen molar-refractivity contribution in [1.82, 2.24) is 0 Å². The minimum atomic E-state index is -0.698. The smallest absolute Gasteiger partial charge is 0.306 e. The first-order chi connectivity index (χ1) is 22.6. The van der Waals surface area contributed by atoms with Gasteiger partial charge < -0.3 is 9.84 Å². The summed E-state index contributed by atoms with van der Waals surface area (Å²) in [6.45, 7) is 4.55. The van der Waals surface area contributed by atoms with E-state index in [0.29, 0.717) is 6.42 Å². The third kappa shape index (κ3) is 37.1. The fraction of sp³-hybridized carbons (Fsp3) is 0.905. The van der Waals surface area contributed by atoms with E-state index >= 15 is 0 Å². The first-order valence-electron chi connectivity index (χ1n) is 20.7. The summed E-state index contributed by atoms with van der Waals surface area (Å²) in [5.41, 5.74) is 0. The molecule has 0 saturated carbocycles. The molecule has 0 fully saturated rings. The summed E-state index contributed by atoms with van der Waals surface area (Å²) in [4.78, 5) is 23.4. The molecule has 0 aliphatic heterocycles. The molecule has 46 heavy (non-hydrogen) atoms. The van der Waals surface area contributed by atoms with E-state index in [0.717, 1.165) is 64.2 Å². The van der Waals surface area contributed by atoms with Crippen molar-refractivity contribution < 1.29 is 19.4 Å². The van der Waals surface area contributed by atoms with Crippen LogP contribution in [0.3, 0.4) is 0 Å². The van der Waals surface area contributed by atoms with Crippen LogP contribution in [0.25, 0.3) is 0 Å². The second-order valence-electron chi connectivity index (χ2n) is 14.2. The maximum Gasteiger partial charge on any atom is 0.306 e. The highest BCUT2D eigenvalue weighted by Gasteiger charge is 2.14. The van der Waals surface area contributed by atoms with Gasteiger partial charge in [-0.25, -0.2) is 0 Å². The standard InChI is InChI=1S/C42H80O4/c1-3-5-7-9-11-13-15-16-17-18-19-20-21-22-24-26-31-35-39-42(45)46-40(37-33-29-27-30-34-38-41(43)44)36-32-28-25-23-14-12-10-8-6-4-2/h17-18,40H,3-16,19-39H2,1-2H3,(H,43,44)/b18-17-. The number of carboxylic acid groups (broad SMARTS) is 1. The van der Waals surface area contributed by atoms with Crippen molar-refractivity contribution in [3.05, 3.63) is 12.2 Å². The number of carbonyl (C=O) groups excluding carboxylic acids is 1. The molecule has 4 nitrogen and oxygen atoms in total. The molecule has 4 heteroatoms. The Hall–Kier alpha value is -1.32. The van der Waals surface area contributed by atoms with Gasteiger partial charge in [0.05, 0.1) is 0 Å².